The van der Waals surface area contributed by atoms with E-state index in [0.29, 0.717) is 17.2 Å². The zero-order valence-electron chi connectivity index (χ0n) is 15.2. The predicted octanol–water partition coefficient (Wildman–Crippen LogP) is 4.75. The fourth-order valence-electron chi connectivity index (χ4n) is 3.40. The number of methoxy groups -OCH3 is 1. The number of rotatable bonds is 5. The Bertz CT molecular complexity index is 909. The standard InChI is InChI=1S/C22H22N2O2S/c1-26-19-14-20(16-8-4-2-5-9-16)27-21(19)22(25)24-13-12-18(15-24)23-17-10-6-3-7-11-17/h2-11,14,18,23H,12-13,15H2,1H3. The molecule has 0 radical (unpaired) electrons. The molecule has 1 fully saturated rings. The number of ether oxygens (including phenoxy) is 1. The monoisotopic (exact) mass is 378 g/mol. The van der Waals surface area contributed by atoms with Gasteiger partial charge in [0, 0.05) is 29.7 Å². The highest BCUT2D eigenvalue weighted by atomic mass is 32.1. The zero-order valence-corrected chi connectivity index (χ0v) is 16.0. The summed E-state index contributed by atoms with van der Waals surface area (Å²) < 4.78 is 5.50. The summed E-state index contributed by atoms with van der Waals surface area (Å²) in [6.07, 6.45) is 0.944. The SMILES string of the molecule is COc1cc(-c2ccccc2)sc1C(=O)N1CCC(Nc2ccccc2)C1. The molecule has 138 valence electrons. The van der Waals surface area contributed by atoms with E-state index in [1.807, 2.05) is 47.4 Å². The van der Waals surface area contributed by atoms with Crippen molar-refractivity contribution in [1.29, 1.82) is 0 Å². The summed E-state index contributed by atoms with van der Waals surface area (Å²) >= 11 is 1.50. The molecule has 0 spiro atoms. The molecule has 3 aromatic rings. The number of para-hydroxylation sites is 1. The Balaban J connectivity index is 1.49. The third kappa shape index (κ3) is 3.83. The predicted molar refractivity (Wildman–Crippen MR) is 111 cm³/mol. The molecule has 4 nitrogen and oxygen atoms in total. The molecule has 1 unspecified atom stereocenters. The van der Waals surface area contributed by atoms with Gasteiger partial charge in [0.15, 0.2) is 0 Å². The van der Waals surface area contributed by atoms with Crippen LogP contribution in [-0.2, 0) is 0 Å². The topological polar surface area (TPSA) is 41.6 Å². The van der Waals surface area contributed by atoms with Crippen LogP contribution in [0.1, 0.15) is 16.1 Å². The van der Waals surface area contributed by atoms with E-state index >= 15 is 0 Å². The van der Waals surface area contributed by atoms with Gasteiger partial charge in [0.1, 0.15) is 10.6 Å². The van der Waals surface area contributed by atoms with Gasteiger partial charge in [-0.05, 0) is 30.2 Å². The number of likely N-dealkylation sites (tertiary alicyclic amines) is 1. The average molecular weight is 378 g/mol. The molecule has 4 rings (SSSR count). The van der Waals surface area contributed by atoms with Crippen molar-refractivity contribution in [2.24, 2.45) is 0 Å². The third-order valence-electron chi connectivity index (χ3n) is 4.79. The maximum atomic E-state index is 13.1. The average Bonchev–Trinajstić information content (AvgIpc) is 3.36. The molecule has 1 aromatic heterocycles. The van der Waals surface area contributed by atoms with Crippen LogP contribution in [0.5, 0.6) is 5.75 Å². The van der Waals surface area contributed by atoms with Crippen molar-refractivity contribution in [2.75, 3.05) is 25.5 Å². The number of nitrogens with one attached hydrogen (secondary N) is 1. The van der Waals surface area contributed by atoms with Gasteiger partial charge < -0.3 is 15.0 Å². The summed E-state index contributed by atoms with van der Waals surface area (Å²) in [5.41, 5.74) is 2.20. The second-order valence-electron chi connectivity index (χ2n) is 6.62. The number of hydrogen-bond donors (Lipinski definition) is 1. The van der Waals surface area contributed by atoms with E-state index in [1.54, 1.807) is 7.11 Å². The minimum atomic E-state index is 0.0522. The van der Waals surface area contributed by atoms with E-state index in [-0.39, 0.29) is 11.9 Å². The van der Waals surface area contributed by atoms with E-state index in [4.69, 9.17) is 4.74 Å². The Kier molecular flexibility index (Phi) is 5.12. The number of nitrogens with zero attached hydrogens (tertiary/aromatic N) is 1. The molecule has 0 aliphatic carbocycles. The van der Waals surface area contributed by atoms with Gasteiger partial charge in [-0.15, -0.1) is 11.3 Å². The van der Waals surface area contributed by atoms with Gasteiger partial charge in [-0.3, -0.25) is 4.79 Å². The number of hydrogen-bond acceptors (Lipinski definition) is 4. The van der Waals surface area contributed by atoms with Gasteiger partial charge >= 0.3 is 0 Å². The van der Waals surface area contributed by atoms with Crippen LogP contribution in [0.15, 0.2) is 66.7 Å². The van der Waals surface area contributed by atoms with Crippen molar-refractivity contribution >= 4 is 22.9 Å². The molecule has 2 heterocycles. The van der Waals surface area contributed by atoms with Crippen molar-refractivity contribution in [3.8, 4) is 16.2 Å². The van der Waals surface area contributed by atoms with Crippen LogP contribution in [0.4, 0.5) is 5.69 Å². The second kappa shape index (κ2) is 7.84. The van der Waals surface area contributed by atoms with Crippen molar-refractivity contribution in [3.05, 3.63) is 71.6 Å². The molecular weight excluding hydrogens is 356 g/mol. The van der Waals surface area contributed by atoms with Gasteiger partial charge in [-0.25, -0.2) is 0 Å². The maximum Gasteiger partial charge on any atom is 0.267 e. The Morgan fingerprint density at radius 1 is 1.11 bits per heavy atom. The third-order valence-corrected chi connectivity index (χ3v) is 5.94. The largest absolute Gasteiger partial charge is 0.495 e. The number of amides is 1. The summed E-state index contributed by atoms with van der Waals surface area (Å²) in [5, 5.41) is 3.52. The fraction of sp³-hybridized carbons (Fsp3) is 0.227. The molecule has 1 aliphatic heterocycles. The van der Waals surface area contributed by atoms with Gasteiger partial charge in [0.05, 0.1) is 7.11 Å². The lowest BCUT2D eigenvalue weighted by molar-refractivity contribution is 0.0793. The molecule has 27 heavy (non-hydrogen) atoms. The number of carbonyl (C=O) groups is 1. The van der Waals surface area contributed by atoms with Crippen LogP contribution in [0.2, 0.25) is 0 Å². The first-order valence-electron chi connectivity index (χ1n) is 9.08. The van der Waals surface area contributed by atoms with E-state index in [2.05, 4.69) is 29.6 Å². The maximum absolute atomic E-state index is 13.1. The molecule has 1 amide bonds. The molecule has 1 aliphatic rings. The highest BCUT2D eigenvalue weighted by Gasteiger charge is 2.30. The van der Waals surface area contributed by atoms with Gasteiger partial charge in [0.25, 0.3) is 5.91 Å². The van der Waals surface area contributed by atoms with Crippen molar-refractivity contribution in [1.82, 2.24) is 4.90 Å². The fourth-order valence-corrected chi connectivity index (χ4v) is 4.49. The smallest absolute Gasteiger partial charge is 0.267 e. The minimum Gasteiger partial charge on any atom is -0.495 e. The molecule has 0 saturated carbocycles. The highest BCUT2D eigenvalue weighted by Crippen LogP contribution is 2.37. The summed E-state index contributed by atoms with van der Waals surface area (Å²) in [6.45, 7) is 1.46. The quantitative estimate of drug-likeness (QED) is 0.697. The van der Waals surface area contributed by atoms with Crippen LogP contribution in [0.3, 0.4) is 0 Å². The molecular formula is C22H22N2O2S. The van der Waals surface area contributed by atoms with E-state index in [0.717, 1.165) is 29.1 Å². The van der Waals surface area contributed by atoms with Crippen LogP contribution in [0, 0.1) is 0 Å². The molecule has 1 N–H and O–H groups in total. The highest BCUT2D eigenvalue weighted by molar-refractivity contribution is 7.17. The van der Waals surface area contributed by atoms with Gasteiger partial charge in [-0.1, -0.05) is 48.5 Å². The minimum absolute atomic E-state index is 0.0522. The Morgan fingerprint density at radius 3 is 2.52 bits per heavy atom. The first-order chi connectivity index (χ1) is 13.2. The Morgan fingerprint density at radius 2 is 1.81 bits per heavy atom. The molecule has 1 saturated heterocycles. The summed E-state index contributed by atoms with van der Waals surface area (Å²) in [6, 6.07) is 22.5. The summed E-state index contributed by atoms with van der Waals surface area (Å²) in [7, 11) is 1.62. The molecule has 1 atom stereocenters. The normalized spacial score (nSPS) is 16.3. The second-order valence-corrected chi connectivity index (χ2v) is 7.67. The first kappa shape index (κ1) is 17.6. The van der Waals surface area contributed by atoms with Crippen LogP contribution in [0.25, 0.3) is 10.4 Å². The molecule has 5 heteroatoms. The summed E-state index contributed by atoms with van der Waals surface area (Å²) in [4.78, 5) is 16.7. The van der Waals surface area contributed by atoms with Gasteiger partial charge in [-0.2, -0.15) is 0 Å². The van der Waals surface area contributed by atoms with E-state index < -0.39 is 0 Å². The Labute approximate surface area is 163 Å². The van der Waals surface area contributed by atoms with Crippen LogP contribution < -0.4 is 10.1 Å². The van der Waals surface area contributed by atoms with Crippen LogP contribution in [-0.4, -0.2) is 37.0 Å². The summed E-state index contributed by atoms with van der Waals surface area (Å²) in [5.74, 6) is 0.708. The number of thiophene rings is 1. The molecule has 2 aromatic carbocycles. The van der Waals surface area contributed by atoms with E-state index in [9.17, 15) is 4.79 Å². The lowest BCUT2D eigenvalue weighted by Gasteiger charge is -2.17. The number of carbonyl (C=O) groups excluding carboxylic acids is 1. The lowest BCUT2D eigenvalue weighted by atomic mass is 10.2. The van der Waals surface area contributed by atoms with Crippen molar-refractivity contribution < 1.29 is 9.53 Å². The number of benzene rings is 2. The van der Waals surface area contributed by atoms with E-state index in [1.165, 1.54) is 11.3 Å². The zero-order chi connectivity index (χ0) is 18.6. The number of anilines is 1. The van der Waals surface area contributed by atoms with Gasteiger partial charge in [0.2, 0.25) is 0 Å². The van der Waals surface area contributed by atoms with Crippen LogP contribution >= 0.6 is 11.3 Å². The Hall–Kier alpha value is -2.79. The van der Waals surface area contributed by atoms with Crippen molar-refractivity contribution in [3.63, 3.8) is 0 Å². The molecule has 0 bridgehead atoms. The lowest BCUT2D eigenvalue weighted by Crippen LogP contribution is -2.31. The van der Waals surface area contributed by atoms with Crippen molar-refractivity contribution in [2.45, 2.75) is 12.5 Å². The first-order valence-corrected chi connectivity index (χ1v) is 9.90.